The second kappa shape index (κ2) is 8.41. The van der Waals surface area contributed by atoms with Gasteiger partial charge in [-0.3, -0.25) is 9.59 Å². The SMILES string of the molecule is N#Cc1ccc(NC(=O)COC(=O)C2(c3ccccc3F)CCCC2)cc1Cl. The highest BCUT2D eigenvalue weighted by molar-refractivity contribution is 6.32. The van der Waals surface area contributed by atoms with Crippen molar-refractivity contribution < 1.29 is 18.7 Å². The van der Waals surface area contributed by atoms with Crippen molar-refractivity contribution in [2.45, 2.75) is 31.1 Å². The summed E-state index contributed by atoms with van der Waals surface area (Å²) in [5.74, 6) is -1.59. The molecule has 5 nitrogen and oxygen atoms in total. The van der Waals surface area contributed by atoms with Gasteiger partial charge in [-0.25, -0.2) is 4.39 Å². The molecule has 0 spiro atoms. The monoisotopic (exact) mass is 400 g/mol. The van der Waals surface area contributed by atoms with Gasteiger partial charge in [0.1, 0.15) is 11.9 Å². The Bertz CT molecular complexity index is 949. The van der Waals surface area contributed by atoms with Crippen LogP contribution in [-0.2, 0) is 19.7 Å². The predicted octanol–water partition coefficient (Wildman–Crippen LogP) is 4.34. The molecule has 1 saturated carbocycles. The predicted molar refractivity (Wildman–Crippen MR) is 102 cm³/mol. The van der Waals surface area contributed by atoms with E-state index >= 15 is 0 Å². The van der Waals surface area contributed by atoms with E-state index in [-0.39, 0.29) is 5.02 Å². The first-order valence-corrected chi connectivity index (χ1v) is 9.26. The van der Waals surface area contributed by atoms with Crippen molar-refractivity contribution in [2.24, 2.45) is 0 Å². The molecule has 1 aliphatic rings. The summed E-state index contributed by atoms with van der Waals surface area (Å²) < 4.78 is 19.6. The fraction of sp³-hybridized carbons (Fsp3) is 0.286. The van der Waals surface area contributed by atoms with E-state index in [9.17, 15) is 14.0 Å². The van der Waals surface area contributed by atoms with Gasteiger partial charge < -0.3 is 10.1 Å². The van der Waals surface area contributed by atoms with Crippen LogP contribution in [-0.4, -0.2) is 18.5 Å². The number of carbonyl (C=O) groups is 2. The fourth-order valence-electron chi connectivity index (χ4n) is 3.56. The first-order chi connectivity index (χ1) is 13.5. The zero-order chi connectivity index (χ0) is 20.1. The van der Waals surface area contributed by atoms with Crippen LogP contribution in [0.4, 0.5) is 10.1 Å². The van der Waals surface area contributed by atoms with E-state index in [0.717, 1.165) is 12.8 Å². The molecule has 0 bridgehead atoms. The number of hydrogen-bond acceptors (Lipinski definition) is 4. The molecular formula is C21H18ClFN2O3. The average Bonchev–Trinajstić information content (AvgIpc) is 3.17. The van der Waals surface area contributed by atoms with Crippen LogP contribution < -0.4 is 5.32 Å². The van der Waals surface area contributed by atoms with Crippen molar-refractivity contribution >= 4 is 29.2 Å². The maximum atomic E-state index is 14.3. The topological polar surface area (TPSA) is 79.2 Å². The Morgan fingerprint density at radius 2 is 1.93 bits per heavy atom. The van der Waals surface area contributed by atoms with Crippen LogP contribution in [0.5, 0.6) is 0 Å². The molecule has 1 fully saturated rings. The van der Waals surface area contributed by atoms with Gasteiger partial charge in [-0.15, -0.1) is 0 Å². The number of benzene rings is 2. The number of rotatable bonds is 5. The molecular weight excluding hydrogens is 383 g/mol. The van der Waals surface area contributed by atoms with Crippen LogP contribution in [0.25, 0.3) is 0 Å². The Morgan fingerprint density at radius 3 is 2.57 bits per heavy atom. The van der Waals surface area contributed by atoms with Gasteiger partial charge in [0.2, 0.25) is 0 Å². The summed E-state index contributed by atoms with van der Waals surface area (Å²) >= 11 is 5.93. The van der Waals surface area contributed by atoms with Crippen LogP contribution in [0.1, 0.15) is 36.8 Å². The van der Waals surface area contributed by atoms with Gasteiger partial charge in [0.05, 0.1) is 16.0 Å². The molecule has 3 rings (SSSR count). The molecule has 1 N–H and O–H groups in total. The summed E-state index contributed by atoms with van der Waals surface area (Å²) in [5.41, 5.74) is -0.0608. The number of nitriles is 1. The highest BCUT2D eigenvalue weighted by Crippen LogP contribution is 2.43. The molecule has 1 aliphatic carbocycles. The number of carbonyl (C=O) groups excluding carboxylic acids is 2. The molecule has 0 aliphatic heterocycles. The number of amides is 1. The summed E-state index contributed by atoms with van der Waals surface area (Å²) in [6.45, 7) is -0.493. The summed E-state index contributed by atoms with van der Waals surface area (Å²) in [6, 6.07) is 12.6. The van der Waals surface area contributed by atoms with Gasteiger partial charge in [0, 0.05) is 11.3 Å². The minimum absolute atomic E-state index is 0.210. The van der Waals surface area contributed by atoms with Crippen molar-refractivity contribution in [1.82, 2.24) is 0 Å². The smallest absolute Gasteiger partial charge is 0.317 e. The van der Waals surface area contributed by atoms with Gasteiger partial charge in [-0.05, 0) is 37.1 Å². The van der Waals surface area contributed by atoms with Crippen LogP contribution in [0.3, 0.4) is 0 Å². The number of anilines is 1. The molecule has 28 heavy (non-hydrogen) atoms. The van der Waals surface area contributed by atoms with E-state index in [1.165, 1.54) is 24.3 Å². The summed E-state index contributed by atoms with van der Waals surface area (Å²) in [6.07, 6.45) is 2.55. The second-order valence-corrected chi connectivity index (χ2v) is 7.11. The number of nitrogens with one attached hydrogen (secondary N) is 1. The third-order valence-electron chi connectivity index (χ3n) is 4.94. The third kappa shape index (κ3) is 4.00. The second-order valence-electron chi connectivity index (χ2n) is 6.70. The quantitative estimate of drug-likeness (QED) is 0.757. The summed E-state index contributed by atoms with van der Waals surface area (Å²) in [7, 11) is 0. The maximum absolute atomic E-state index is 14.3. The van der Waals surface area contributed by atoms with Crippen molar-refractivity contribution in [1.29, 1.82) is 5.26 Å². The first-order valence-electron chi connectivity index (χ1n) is 8.88. The fourth-order valence-corrected chi connectivity index (χ4v) is 3.78. The van der Waals surface area contributed by atoms with E-state index in [2.05, 4.69) is 5.32 Å². The molecule has 0 atom stereocenters. The third-order valence-corrected chi connectivity index (χ3v) is 5.26. The zero-order valence-electron chi connectivity index (χ0n) is 15.0. The van der Waals surface area contributed by atoms with Crippen molar-refractivity contribution in [3.63, 3.8) is 0 Å². The van der Waals surface area contributed by atoms with Crippen LogP contribution in [0, 0.1) is 17.1 Å². The summed E-state index contributed by atoms with van der Waals surface area (Å²) in [5, 5.41) is 11.6. The number of esters is 1. The van der Waals surface area contributed by atoms with Crippen LogP contribution in [0.2, 0.25) is 5.02 Å². The normalized spacial score (nSPS) is 14.9. The molecule has 2 aromatic carbocycles. The average molecular weight is 401 g/mol. The van der Waals surface area contributed by atoms with Crippen molar-refractivity contribution in [3.05, 3.63) is 64.4 Å². The first kappa shape index (κ1) is 19.8. The molecule has 1 amide bonds. The molecule has 2 aromatic rings. The number of halogens is 2. The van der Waals surface area contributed by atoms with Gasteiger partial charge in [0.15, 0.2) is 6.61 Å². The number of nitrogens with zero attached hydrogens (tertiary/aromatic N) is 1. The molecule has 144 valence electrons. The molecule has 0 aromatic heterocycles. The maximum Gasteiger partial charge on any atom is 0.317 e. The lowest BCUT2D eigenvalue weighted by molar-refractivity contribution is -0.153. The van der Waals surface area contributed by atoms with Crippen LogP contribution >= 0.6 is 11.6 Å². The van der Waals surface area contributed by atoms with Crippen molar-refractivity contribution in [2.75, 3.05) is 11.9 Å². The highest BCUT2D eigenvalue weighted by Gasteiger charge is 2.45. The lowest BCUT2D eigenvalue weighted by atomic mass is 9.78. The zero-order valence-corrected chi connectivity index (χ0v) is 15.8. The molecule has 0 heterocycles. The van der Waals surface area contributed by atoms with E-state index in [0.29, 0.717) is 29.7 Å². The molecule has 0 saturated heterocycles. The van der Waals surface area contributed by atoms with Crippen molar-refractivity contribution in [3.8, 4) is 6.07 Å². The van der Waals surface area contributed by atoms with Crippen LogP contribution in [0.15, 0.2) is 42.5 Å². The Labute approximate surface area is 167 Å². The largest absolute Gasteiger partial charge is 0.455 e. The lowest BCUT2D eigenvalue weighted by Crippen LogP contribution is -2.37. The Morgan fingerprint density at radius 1 is 1.21 bits per heavy atom. The van der Waals surface area contributed by atoms with Gasteiger partial charge in [-0.2, -0.15) is 5.26 Å². The Kier molecular flexibility index (Phi) is 5.96. The van der Waals surface area contributed by atoms with Gasteiger partial charge >= 0.3 is 5.97 Å². The van der Waals surface area contributed by atoms with E-state index < -0.39 is 29.7 Å². The Balaban J connectivity index is 1.67. The van der Waals surface area contributed by atoms with E-state index in [1.54, 1.807) is 18.2 Å². The minimum Gasteiger partial charge on any atom is -0.455 e. The van der Waals surface area contributed by atoms with E-state index in [1.807, 2.05) is 6.07 Å². The molecule has 0 unspecified atom stereocenters. The van der Waals surface area contributed by atoms with Gasteiger partial charge in [-0.1, -0.05) is 42.6 Å². The molecule has 7 heteroatoms. The lowest BCUT2D eigenvalue weighted by Gasteiger charge is -2.27. The number of hydrogen-bond donors (Lipinski definition) is 1. The molecule has 0 radical (unpaired) electrons. The van der Waals surface area contributed by atoms with Gasteiger partial charge in [0.25, 0.3) is 5.91 Å². The number of ether oxygens (including phenoxy) is 1. The standard InChI is InChI=1S/C21H18ClFN2O3/c22-17-11-15(8-7-14(17)12-24)25-19(26)13-28-20(27)21(9-3-4-10-21)16-5-1-2-6-18(16)23/h1-2,5-8,11H,3-4,9-10,13H2,(H,25,26). The highest BCUT2D eigenvalue weighted by atomic mass is 35.5. The van der Waals surface area contributed by atoms with E-state index in [4.69, 9.17) is 21.6 Å². The summed E-state index contributed by atoms with van der Waals surface area (Å²) in [4.78, 5) is 24.9. The Hall–Kier alpha value is -2.91. The minimum atomic E-state index is -1.05.